The van der Waals surface area contributed by atoms with Gasteiger partial charge in [-0.3, -0.25) is 4.79 Å². The molecule has 0 aliphatic carbocycles. The minimum atomic E-state index is 0.158. The first-order chi connectivity index (χ1) is 8.65. The molecule has 0 aromatic carbocycles. The zero-order chi connectivity index (χ0) is 13.0. The summed E-state index contributed by atoms with van der Waals surface area (Å²) in [4.78, 5) is 17.8. The van der Waals surface area contributed by atoms with Crippen molar-refractivity contribution in [2.24, 2.45) is 5.92 Å². The molecule has 1 aromatic heterocycles. The van der Waals surface area contributed by atoms with Crippen molar-refractivity contribution < 1.29 is 14.1 Å². The third-order valence-electron chi connectivity index (χ3n) is 3.15. The van der Waals surface area contributed by atoms with E-state index < -0.39 is 0 Å². The molecule has 0 bridgehead atoms. The van der Waals surface area contributed by atoms with Crippen LogP contribution in [-0.2, 0) is 16.0 Å². The Labute approximate surface area is 106 Å². The first kappa shape index (κ1) is 13.0. The van der Waals surface area contributed by atoms with E-state index in [1.807, 2.05) is 7.05 Å². The molecule has 1 amide bonds. The number of carbonyl (C=O) groups excluding carboxylic acids is 1. The highest BCUT2D eigenvalue weighted by Crippen LogP contribution is 2.17. The third-order valence-corrected chi connectivity index (χ3v) is 3.15. The lowest BCUT2D eigenvalue weighted by atomic mass is 10.0. The lowest BCUT2D eigenvalue weighted by molar-refractivity contribution is -0.130. The zero-order valence-electron chi connectivity index (χ0n) is 10.9. The lowest BCUT2D eigenvalue weighted by Gasteiger charge is -2.17. The van der Waals surface area contributed by atoms with Crippen LogP contribution >= 0.6 is 0 Å². The van der Waals surface area contributed by atoms with Crippen LogP contribution in [-0.4, -0.2) is 47.8 Å². The van der Waals surface area contributed by atoms with Gasteiger partial charge in [-0.05, 0) is 12.3 Å². The molecular weight excluding hydrogens is 234 g/mol. The third kappa shape index (κ3) is 3.53. The first-order valence-electron chi connectivity index (χ1n) is 6.26. The van der Waals surface area contributed by atoms with Gasteiger partial charge in [-0.2, -0.15) is 4.98 Å². The van der Waals surface area contributed by atoms with E-state index in [2.05, 4.69) is 10.1 Å². The highest BCUT2D eigenvalue weighted by atomic mass is 16.5. The van der Waals surface area contributed by atoms with Gasteiger partial charge in [-0.1, -0.05) is 5.16 Å². The Bertz CT molecular complexity index is 399. The number of nitrogens with zero attached hydrogens (tertiary/aromatic N) is 3. The Morgan fingerprint density at radius 2 is 2.39 bits per heavy atom. The Morgan fingerprint density at radius 3 is 3.00 bits per heavy atom. The topological polar surface area (TPSA) is 68.5 Å². The number of ether oxygens (including phenoxy) is 1. The highest BCUT2D eigenvalue weighted by molar-refractivity contribution is 5.76. The second kappa shape index (κ2) is 5.95. The standard InChI is InChI=1S/C12H19N3O3/c1-9-13-11(14-18-9)3-5-15(2)12(16)7-10-4-6-17-8-10/h10H,3-8H2,1-2H3. The number of amides is 1. The van der Waals surface area contributed by atoms with Crippen LogP contribution < -0.4 is 0 Å². The Hall–Kier alpha value is -1.43. The van der Waals surface area contributed by atoms with Crippen LogP contribution in [0.5, 0.6) is 0 Å². The summed E-state index contributed by atoms with van der Waals surface area (Å²) in [5.41, 5.74) is 0. The number of hydrogen-bond acceptors (Lipinski definition) is 5. The van der Waals surface area contributed by atoms with Gasteiger partial charge in [0.05, 0.1) is 0 Å². The molecule has 1 aliphatic rings. The monoisotopic (exact) mass is 253 g/mol. The molecule has 1 aromatic rings. The average molecular weight is 253 g/mol. The lowest BCUT2D eigenvalue weighted by Crippen LogP contribution is -2.30. The number of rotatable bonds is 5. The van der Waals surface area contributed by atoms with E-state index in [1.54, 1.807) is 11.8 Å². The molecule has 2 rings (SSSR count). The summed E-state index contributed by atoms with van der Waals surface area (Å²) < 4.78 is 10.2. The van der Waals surface area contributed by atoms with Gasteiger partial charge in [0, 0.05) is 46.6 Å². The van der Waals surface area contributed by atoms with Crippen molar-refractivity contribution in [2.45, 2.75) is 26.2 Å². The van der Waals surface area contributed by atoms with Crippen molar-refractivity contribution in [2.75, 3.05) is 26.8 Å². The van der Waals surface area contributed by atoms with Crippen molar-refractivity contribution >= 4 is 5.91 Å². The predicted molar refractivity (Wildman–Crippen MR) is 63.9 cm³/mol. The van der Waals surface area contributed by atoms with Crippen molar-refractivity contribution in [3.05, 3.63) is 11.7 Å². The number of carbonyl (C=O) groups is 1. The van der Waals surface area contributed by atoms with E-state index >= 15 is 0 Å². The predicted octanol–water partition coefficient (Wildman–Crippen LogP) is 0.806. The molecule has 6 heteroatoms. The summed E-state index contributed by atoms with van der Waals surface area (Å²) in [5.74, 6) is 1.75. The number of likely N-dealkylation sites (N-methyl/N-ethyl adjacent to an activating group) is 1. The van der Waals surface area contributed by atoms with Gasteiger partial charge in [0.1, 0.15) is 0 Å². The van der Waals surface area contributed by atoms with Crippen LogP contribution in [0.25, 0.3) is 0 Å². The van der Waals surface area contributed by atoms with Crippen molar-refractivity contribution in [1.29, 1.82) is 0 Å². The van der Waals surface area contributed by atoms with E-state index in [0.717, 1.165) is 13.0 Å². The molecule has 1 aliphatic heterocycles. The summed E-state index contributed by atoms with van der Waals surface area (Å²) in [6, 6.07) is 0. The molecule has 0 saturated carbocycles. The average Bonchev–Trinajstić information content (AvgIpc) is 2.97. The van der Waals surface area contributed by atoms with Crippen molar-refractivity contribution in [3.8, 4) is 0 Å². The van der Waals surface area contributed by atoms with Crippen LogP contribution in [0.1, 0.15) is 24.6 Å². The summed E-state index contributed by atoms with van der Waals surface area (Å²) in [5, 5.41) is 3.81. The smallest absolute Gasteiger partial charge is 0.223 e. The molecule has 1 unspecified atom stereocenters. The largest absolute Gasteiger partial charge is 0.381 e. The van der Waals surface area contributed by atoms with Crippen molar-refractivity contribution in [1.82, 2.24) is 15.0 Å². The van der Waals surface area contributed by atoms with Gasteiger partial charge in [-0.15, -0.1) is 0 Å². The Balaban J connectivity index is 1.73. The number of aromatic nitrogens is 2. The van der Waals surface area contributed by atoms with E-state index in [0.29, 0.717) is 43.6 Å². The Kier molecular flexibility index (Phi) is 4.30. The normalized spacial score (nSPS) is 19.1. The number of hydrogen-bond donors (Lipinski definition) is 0. The molecule has 0 radical (unpaired) electrons. The molecule has 100 valence electrons. The van der Waals surface area contributed by atoms with E-state index in [4.69, 9.17) is 9.26 Å². The van der Waals surface area contributed by atoms with Gasteiger partial charge in [0.25, 0.3) is 0 Å². The maximum absolute atomic E-state index is 11.9. The summed E-state index contributed by atoms with van der Waals surface area (Å²) in [6.45, 7) is 3.87. The van der Waals surface area contributed by atoms with Gasteiger partial charge < -0.3 is 14.2 Å². The van der Waals surface area contributed by atoms with E-state index in [1.165, 1.54) is 0 Å². The van der Waals surface area contributed by atoms with Gasteiger partial charge in [-0.25, -0.2) is 0 Å². The van der Waals surface area contributed by atoms with Crippen LogP contribution in [0.15, 0.2) is 4.52 Å². The second-order valence-electron chi connectivity index (χ2n) is 4.73. The SMILES string of the molecule is Cc1nc(CCN(C)C(=O)CC2CCOC2)no1. The molecule has 1 fully saturated rings. The van der Waals surface area contributed by atoms with Crippen molar-refractivity contribution in [3.63, 3.8) is 0 Å². The quantitative estimate of drug-likeness (QED) is 0.776. The highest BCUT2D eigenvalue weighted by Gasteiger charge is 2.21. The fourth-order valence-corrected chi connectivity index (χ4v) is 1.98. The zero-order valence-corrected chi connectivity index (χ0v) is 10.9. The second-order valence-corrected chi connectivity index (χ2v) is 4.73. The van der Waals surface area contributed by atoms with Gasteiger partial charge >= 0.3 is 0 Å². The van der Waals surface area contributed by atoms with Gasteiger partial charge in [0.2, 0.25) is 11.8 Å². The fourth-order valence-electron chi connectivity index (χ4n) is 1.98. The van der Waals surface area contributed by atoms with Crippen LogP contribution in [0.4, 0.5) is 0 Å². The van der Waals surface area contributed by atoms with Gasteiger partial charge in [0.15, 0.2) is 5.82 Å². The molecule has 2 heterocycles. The Morgan fingerprint density at radius 1 is 1.56 bits per heavy atom. The fraction of sp³-hybridized carbons (Fsp3) is 0.750. The van der Waals surface area contributed by atoms with E-state index in [9.17, 15) is 4.79 Å². The molecule has 0 spiro atoms. The first-order valence-corrected chi connectivity index (χ1v) is 6.26. The molecule has 18 heavy (non-hydrogen) atoms. The maximum Gasteiger partial charge on any atom is 0.223 e. The summed E-state index contributed by atoms with van der Waals surface area (Å²) >= 11 is 0. The molecule has 1 saturated heterocycles. The molecule has 6 nitrogen and oxygen atoms in total. The number of aryl methyl sites for hydroxylation is 1. The summed E-state index contributed by atoms with van der Waals surface area (Å²) in [6.07, 6.45) is 2.19. The van der Waals surface area contributed by atoms with Crippen LogP contribution in [0, 0.1) is 12.8 Å². The molecule has 0 N–H and O–H groups in total. The minimum Gasteiger partial charge on any atom is -0.381 e. The molecular formula is C12H19N3O3. The molecule has 1 atom stereocenters. The maximum atomic E-state index is 11.9. The van der Waals surface area contributed by atoms with E-state index in [-0.39, 0.29) is 5.91 Å². The van der Waals surface area contributed by atoms with Crippen LogP contribution in [0.2, 0.25) is 0 Å². The van der Waals surface area contributed by atoms with Crippen LogP contribution in [0.3, 0.4) is 0 Å². The summed E-state index contributed by atoms with van der Waals surface area (Å²) in [7, 11) is 1.81. The minimum absolute atomic E-state index is 0.158.